The van der Waals surface area contributed by atoms with E-state index in [0.717, 1.165) is 29.3 Å². The lowest BCUT2D eigenvalue weighted by Crippen LogP contribution is -1.86. The molecule has 0 unspecified atom stereocenters. The number of benzene rings is 1. The van der Waals surface area contributed by atoms with Crippen LogP contribution in [0.4, 0.5) is 0 Å². The van der Waals surface area contributed by atoms with Crippen molar-refractivity contribution in [2.45, 2.75) is 32.6 Å². The minimum atomic E-state index is 0.854. The van der Waals surface area contributed by atoms with Crippen LogP contribution in [0.5, 0.6) is 5.75 Å². The smallest absolute Gasteiger partial charge is 0.137 e. The van der Waals surface area contributed by atoms with Gasteiger partial charge in [0.25, 0.3) is 0 Å². The summed E-state index contributed by atoms with van der Waals surface area (Å²) in [6.45, 7) is 2.21. The molecule has 2 aromatic rings. The number of methoxy groups -OCH3 is 1. The van der Waals surface area contributed by atoms with Gasteiger partial charge >= 0.3 is 0 Å². The van der Waals surface area contributed by atoms with Gasteiger partial charge in [0.15, 0.2) is 0 Å². The molecule has 2 nitrogen and oxygen atoms in total. The number of rotatable bonds is 6. The molecule has 96 valence electrons. The monoisotopic (exact) mass is 244 g/mol. The molecule has 0 N–H and O–H groups in total. The van der Waals surface area contributed by atoms with Crippen molar-refractivity contribution >= 4 is 0 Å². The van der Waals surface area contributed by atoms with E-state index in [4.69, 9.17) is 9.15 Å². The van der Waals surface area contributed by atoms with Crippen molar-refractivity contribution in [2.24, 2.45) is 0 Å². The second-order valence-electron chi connectivity index (χ2n) is 4.42. The lowest BCUT2D eigenvalue weighted by molar-refractivity contribution is 0.414. The second-order valence-corrected chi connectivity index (χ2v) is 4.42. The standard InChI is InChI=1S/C16H20O2/c1-3-4-5-8-13-11-12-16(18-13)14-9-6-7-10-15(14)17-2/h6-7,9-12H,3-5,8H2,1-2H3. The van der Waals surface area contributed by atoms with Crippen LogP contribution in [0.2, 0.25) is 0 Å². The van der Waals surface area contributed by atoms with Crippen molar-refractivity contribution in [1.82, 2.24) is 0 Å². The average Bonchev–Trinajstić information content (AvgIpc) is 2.88. The van der Waals surface area contributed by atoms with E-state index in [1.54, 1.807) is 7.11 Å². The molecule has 0 amide bonds. The first-order valence-corrected chi connectivity index (χ1v) is 6.57. The molecule has 2 rings (SSSR count). The molecule has 0 spiro atoms. The van der Waals surface area contributed by atoms with Crippen LogP contribution in [0.15, 0.2) is 40.8 Å². The Morgan fingerprint density at radius 1 is 1.06 bits per heavy atom. The fourth-order valence-electron chi connectivity index (χ4n) is 2.05. The minimum absolute atomic E-state index is 0.854. The molecule has 0 saturated heterocycles. The summed E-state index contributed by atoms with van der Waals surface area (Å²) in [7, 11) is 1.68. The Hall–Kier alpha value is -1.70. The third kappa shape index (κ3) is 2.95. The van der Waals surface area contributed by atoms with Crippen molar-refractivity contribution in [3.63, 3.8) is 0 Å². The highest BCUT2D eigenvalue weighted by molar-refractivity contribution is 5.65. The molecule has 0 radical (unpaired) electrons. The van der Waals surface area contributed by atoms with E-state index in [-0.39, 0.29) is 0 Å². The van der Waals surface area contributed by atoms with Crippen LogP contribution in [0.3, 0.4) is 0 Å². The zero-order valence-electron chi connectivity index (χ0n) is 11.1. The molecule has 18 heavy (non-hydrogen) atoms. The van der Waals surface area contributed by atoms with Crippen molar-refractivity contribution in [2.75, 3.05) is 7.11 Å². The predicted molar refractivity (Wildman–Crippen MR) is 73.9 cm³/mol. The SMILES string of the molecule is CCCCCc1ccc(-c2ccccc2OC)o1. The molecular weight excluding hydrogens is 224 g/mol. The van der Waals surface area contributed by atoms with Crippen LogP contribution in [0.1, 0.15) is 31.9 Å². The van der Waals surface area contributed by atoms with Crippen molar-refractivity contribution < 1.29 is 9.15 Å². The zero-order valence-corrected chi connectivity index (χ0v) is 11.1. The molecule has 0 saturated carbocycles. The van der Waals surface area contributed by atoms with Gasteiger partial charge in [0, 0.05) is 6.42 Å². The van der Waals surface area contributed by atoms with Crippen LogP contribution in [-0.4, -0.2) is 7.11 Å². The first-order valence-electron chi connectivity index (χ1n) is 6.57. The molecule has 2 heteroatoms. The van der Waals surface area contributed by atoms with Gasteiger partial charge in [-0.05, 0) is 30.7 Å². The summed E-state index contributed by atoms with van der Waals surface area (Å²) < 4.78 is 11.2. The summed E-state index contributed by atoms with van der Waals surface area (Å²) in [5.74, 6) is 2.80. The van der Waals surface area contributed by atoms with Crippen LogP contribution in [0.25, 0.3) is 11.3 Å². The van der Waals surface area contributed by atoms with Gasteiger partial charge in [-0.15, -0.1) is 0 Å². The first kappa shape index (κ1) is 12.7. The fourth-order valence-corrected chi connectivity index (χ4v) is 2.05. The maximum Gasteiger partial charge on any atom is 0.137 e. The fraction of sp³-hybridized carbons (Fsp3) is 0.375. The molecule has 0 aliphatic heterocycles. The summed E-state index contributed by atoms with van der Waals surface area (Å²) in [4.78, 5) is 0. The van der Waals surface area contributed by atoms with E-state index in [1.807, 2.05) is 30.3 Å². The summed E-state index contributed by atoms with van der Waals surface area (Å²) in [5, 5.41) is 0. The molecular formula is C16H20O2. The van der Waals surface area contributed by atoms with Gasteiger partial charge < -0.3 is 9.15 Å². The van der Waals surface area contributed by atoms with Gasteiger partial charge in [-0.2, -0.15) is 0 Å². The quantitative estimate of drug-likeness (QED) is 0.688. The number of hydrogen-bond donors (Lipinski definition) is 0. The Labute approximate surface area is 109 Å². The van der Waals surface area contributed by atoms with Crippen molar-refractivity contribution in [3.05, 3.63) is 42.2 Å². The molecule has 0 fully saturated rings. The molecule has 0 bridgehead atoms. The molecule has 1 heterocycles. The topological polar surface area (TPSA) is 22.4 Å². The first-order chi connectivity index (χ1) is 8.85. The molecule has 1 aromatic carbocycles. The molecule has 1 aromatic heterocycles. The maximum absolute atomic E-state index is 5.88. The summed E-state index contributed by atoms with van der Waals surface area (Å²) >= 11 is 0. The van der Waals surface area contributed by atoms with Crippen LogP contribution < -0.4 is 4.74 Å². The average molecular weight is 244 g/mol. The normalized spacial score (nSPS) is 10.6. The van der Waals surface area contributed by atoms with Crippen molar-refractivity contribution in [3.8, 4) is 17.1 Å². The largest absolute Gasteiger partial charge is 0.496 e. The van der Waals surface area contributed by atoms with Gasteiger partial charge in [-0.25, -0.2) is 0 Å². The zero-order chi connectivity index (χ0) is 12.8. The number of unbranched alkanes of at least 4 members (excludes halogenated alkanes) is 2. The Balaban J connectivity index is 2.13. The van der Waals surface area contributed by atoms with Gasteiger partial charge in [0.05, 0.1) is 12.7 Å². The molecule has 0 aliphatic carbocycles. The predicted octanol–water partition coefficient (Wildman–Crippen LogP) is 4.69. The van der Waals surface area contributed by atoms with Gasteiger partial charge in [0.1, 0.15) is 17.3 Å². The number of ether oxygens (including phenoxy) is 1. The van der Waals surface area contributed by atoms with E-state index < -0.39 is 0 Å². The second kappa shape index (κ2) is 6.29. The van der Waals surface area contributed by atoms with Crippen LogP contribution in [0, 0.1) is 0 Å². The number of aryl methyl sites for hydroxylation is 1. The number of furan rings is 1. The Bertz CT molecular complexity index is 485. The third-order valence-electron chi connectivity index (χ3n) is 3.06. The number of hydrogen-bond acceptors (Lipinski definition) is 2. The van der Waals surface area contributed by atoms with Crippen LogP contribution in [-0.2, 0) is 6.42 Å². The van der Waals surface area contributed by atoms with Gasteiger partial charge in [0.2, 0.25) is 0 Å². The van der Waals surface area contributed by atoms with E-state index in [2.05, 4.69) is 13.0 Å². The summed E-state index contributed by atoms with van der Waals surface area (Å²) in [6.07, 6.45) is 4.70. The van der Waals surface area contributed by atoms with Crippen LogP contribution >= 0.6 is 0 Å². The van der Waals surface area contributed by atoms with E-state index >= 15 is 0 Å². The Morgan fingerprint density at radius 2 is 1.89 bits per heavy atom. The minimum Gasteiger partial charge on any atom is -0.496 e. The lowest BCUT2D eigenvalue weighted by Gasteiger charge is -2.05. The highest BCUT2D eigenvalue weighted by atomic mass is 16.5. The van der Waals surface area contributed by atoms with E-state index in [9.17, 15) is 0 Å². The van der Waals surface area contributed by atoms with Gasteiger partial charge in [-0.1, -0.05) is 31.9 Å². The summed E-state index contributed by atoms with van der Waals surface area (Å²) in [5.41, 5.74) is 1.02. The molecule has 0 atom stereocenters. The Kier molecular flexibility index (Phi) is 4.46. The Morgan fingerprint density at radius 3 is 2.67 bits per heavy atom. The summed E-state index contributed by atoms with van der Waals surface area (Å²) in [6, 6.07) is 12.0. The molecule has 0 aliphatic rings. The highest BCUT2D eigenvalue weighted by Crippen LogP contribution is 2.31. The third-order valence-corrected chi connectivity index (χ3v) is 3.06. The van der Waals surface area contributed by atoms with Crippen molar-refractivity contribution in [1.29, 1.82) is 0 Å². The lowest BCUT2D eigenvalue weighted by atomic mass is 10.1. The number of para-hydroxylation sites is 1. The maximum atomic E-state index is 5.88. The van der Waals surface area contributed by atoms with Gasteiger partial charge in [-0.3, -0.25) is 0 Å². The highest BCUT2D eigenvalue weighted by Gasteiger charge is 2.09. The van der Waals surface area contributed by atoms with E-state index in [0.29, 0.717) is 0 Å². The van der Waals surface area contributed by atoms with E-state index in [1.165, 1.54) is 19.3 Å².